The molecule has 0 aliphatic carbocycles. The molecule has 5 rings (SSSR count). The summed E-state index contributed by atoms with van der Waals surface area (Å²) in [5.41, 5.74) is -0.125. The number of hydrogen-bond donors (Lipinski definition) is 10. The Hall–Kier alpha value is -5.09. The van der Waals surface area contributed by atoms with Crippen molar-refractivity contribution in [3.63, 3.8) is 0 Å². The first-order valence-corrected chi connectivity index (χ1v) is 12.6. The molecule has 6 atom stereocenters. The Bertz CT molecular complexity index is 1560. The van der Waals surface area contributed by atoms with Crippen LogP contribution in [0.3, 0.4) is 0 Å². The van der Waals surface area contributed by atoms with Gasteiger partial charge in [0.25, 0.3) is 11.9 Å². The number of benzene rings is 3. The van der Waals surface area contributed by atoms with Crippen LogP contribution in [0.15, 0.2) is 48.2 Å². The summed E-state index contributed by atoms with van der Waals surface area (Å²) in [5, 5.41) is 101. The molecule has 3 aromatic carbocycles. The number of esters is 1. The van der Waals surface area contributed by atoms with E-state index in [4.69, 9.17) is 14.2 Å². The maximum Gasteiger partial charge on any atom is 0.339 e. The second-order valence-corrected chi connectivity index (χ2v) is 9.78. The Balaban J connectivity index is 1.54. The van der Waals surface area contributed by atoms with Gasteiger partial charge in [-0.3, -0.25) is 0 Å². The van der Waals surface area contributed by atoms with Crippen LogP contribution < -0.4 is 0 Å². The molecule has 1 fully saturated rings. The van der Waals surface area contributed by atoms with Gasteiger partial charge in [-0.05, 0) is 30.3 Å². The number of aromatic hydroxyl groups is 8. The van der Waals surface area contributed by atoms with Crippen molar-refractivity contribution in [1.29, 1.82) is 0 Å². The lowest BCUT2D eigenvalue weighted by atomic mass is 9.98. The molecule has 2 heterocycles. The minimum atomic E-state index is -1.91. The van der Waals surface area contributed by atoms with E-state index in [0.29, 0.717) is 0 Å². The normalized spacial score (nSPS) is 24.8. The molecule has 0 saturated carbocycles. The molecular formula is C28H27O15+. The number of phenols is 7. The zero-order chi connectivity index (χ0) is 31.2. The Morgan fingerprint density at radius 3 is 2.19 bits per heavy atom. The van der Waals surface area contributed by atoms with Gasteiger partial charge in [-0.15, -0.1) is 0 Å². The molecule has 3 aromatic rings. The molecule has 0 aromatic heterocycles. The van der Waals surface area contributed by atoms with Crippen molar-refractivity contribution in [3.05, 3.63) is 64.9 Å². The average molecular weight is 604 g/mol. The van der Waals surface area contributed by atoms with Gasteiger partial charge in [0.05, 0.1) is 23.8 Å². The van der Waals surface area contributed by atoms with E-state index >= 15 is 0 Å². The summed E-state index contributed by atoms with van der Waals surface area (Å²) in [6.07, 6.45) is -8.51. The molecule has 1 saturated heterocycles. The number of aliphatic hydroxyl groups is 4. The lowest BCUT2D eigenvalue weighted by Crippen LogP contribution is -2.60. The third kappa shape index (κ3) is 5.56. The van der Waals surface area contributed by atoms with E-state index in [0.717, 1.165) is 18.2 Å². The van der Waals surface area contributed by atoms with E-state index in [9.17, 15) is 55.9 Å². The largest absolute Gasteiger partial charge is 0.571 e. The van der Waals surface area contributed by atoms with E-state index in [2.05, 4.69) is 4.74 Å². The van der Waals surface area contributed by atoms with Crippen LogP contribution in [0.25, 0.3) is 6.08 Å². The van der Waals surface area contributed by atoms with Crippen LogP contribution in [0.5, 0.6) is 46.0 Å². The smallest absolute Gasteiger partial charge is 0.339 e. The summed E-state index contributed by atoms with van der Waals surface area (Å²) in [7, 11) is 0. The van der Waals surface area contributed by atoms with E-state index in [-0.39, 0.29) is 28.4 Å². The Kier molecular flexibility index (Phi) is 7.72. The lowest BCUT2D eigenvalue weighted by Gasteiger charge is -2.42. The average Bonchev–Trinajstić information content (AvgIpc) is 2.96. The number of rotatable bonds is 6. The molecule has 228 valence electrons. The summed E-state index contributed by atoms with van der Waals surface area (Å²) in [6, 6.07) is 7.60. The van der Waals surface area contributed by atoms with Crippen molar-refractivity contribution >= 4 is 12.0 Å². The molecule has 1 unspecified atom stereocenters. The Morgan fingerprint density at radius 2 is 1.53 bits per heavy atom. The van der Waals surface area contributed by atoms with E-state index in [1.165, 1.54) is 30.3 Å². The Morgan fingerprint density at radius 1 is 0.837 bits per heavy atom. The van der Waals surface area contributed by atoms with Crippen molar-refractivity contribution in [1.82, 2.24) is 0 Å². The SMILES string of the molecule is O=C(O[C@H]1[C@H](OC2=Cc3c(O)cc(O)cc3[OH+]C2c2ccc(O)c(O)c2)O[C@H](CO)[C@H](O)[C@@H]1O)c1cc(O)c(O)c(O)c1. The maximum atomic E-state index is 12.9. The predicted octanol–water partition coefficient (Wildman–Crippen LogP) is 0.644. The van der Waals surface area contributed by atoms with Crippen molar-refractivity contribution in [2.45, 2.75) is 36.8 Å². The summed E-state index contributed by atoms with van der Waals surface area (Å²) in [4.78, 5) is 12.9. The first-order chi connectivity index (χ1) is 20.4. The van der Waals surface area contributed by atoms with Crippen molar-refractivity contribution in [2.24, 2.45) is 0 Å². The van der Waals surface area contributed by atoms with E-state index < -0.39 is 89.4 Å². The van der Waals surface area contributed by atoms with Crippen molar-refractivity contribution < 1.29 is 74.8 Å². The Labute approximate surface area is 241 Å². The highest BCUT2D eigenvalue weighted by molar-refractivity contribution is 5.91. The number of fused-ring (bicyclic) bond motifs is 1. The predicted molar refractivity (Wildman–Crippen MR) is 141 cm³/mol. The van der Waals surface area contributed by atoms with Crippen molar-refractivity contribution in [3.8, 4) is 46.0 Å². The third-order valence-corrected chi connectivity index (χ3v) is 6.89. The number of aliphatic hydroxyl groups excluding tert-OH is 3. The molecule has 43 heavy (non-hydrogen) atoms. The number of ether oxygens (including phenoxy) is 4. The lowest BCUT2D eigenvalue weighted by molar-refractivity contribution is -0.294. The molecule has 2 aliphatic rings. The molecule has 0 bridgehead atoms. The highest BCUT2D eigenvalue weighted by Gasteiger charge is 2.49. The zero-order valence-corrected chi connectivity index (χ0v) is 21.8. The van der Waals surface area contributed by atoms with E-state index in [1.807, 2.05) is 0 Å². The van der Waals surface area contributed by atoms with Gasteiger partial charge >= 0.3 is 5.97 Å². The molecule has 2 aliphatic heterocycles. The number of carbonyl (C=O) groups is 1. The molecule has 15 heteroatoms. The minimum absolute atomic E-state index is 0.0886. The van der Waals surface area contributed by atoms with Crippen LogP contribution in [0.1, 0.15) is 27.6 Å². The maximum absolute atomic E-state index is 12.9. The van der Waals surface area contributed by atoms with Gasteiger partial charge in [0.15, 0.2) is 40.6 Å². The fourth-order valence-corrected chi connectivity index (χ4v) is 4.66. The molecule has 11 N–H and O–H groups in total. The standard InChI is InChI=1S/C28H26O15/c29-9-21-23(37)24(38)26(43-27(39)11-4-17(34)22(36)18(35)5-11)28(42-21)41-20-8-13-15(32)6-12(30)7-19(13)40-25(20)10-1-2-14(31)16(33)3-10/h1-8,21,23-26,28-38H,9H2/p+1/t21-,23+,24+,25?,26-,28-/m1/s1. The highest BCUT2D eigenvalue weighted by atomic mass is 16.7. The van der Waals surface area contributed by atoms with Gasteiger partial charge in [-0.1, -0.05) is 0 Å². The fraction of sp³-hybridized carbons (Fsp3) is 0.250. The summed E-state index contributed by atoms with van der Waals surface area (Å²) in [6.45, 7) is -0.792. The molecule has 0 spiro atoms. The topological polar surface area (TPSA) is 260 Å². The van der Waals surface area contributed by atoms with Crippen LogP contribution >= 0.6 is 0 Å². The van der Waals surface area contributed by atoms with Gasteiger partial charge in [0.2, 0.25) is 6.29 Å². The fourth-order valence-electron chi connectivity index (χ4n) is 4.66. The zero-order valence-electron chi connectivity index (χ0n) is 21.8. The monoisotopic (exact) mass is 603 g/mol. The second-order valence-electron chi connectivity index (χ2n) is 9.78. The van der Waals surface area contributed by atoms with Crippen molar-refractivity contribution in [2.75, 3.05) is 6.61 Å². The van der Waals surface area contributed by atoms with Crippen LogP contribution in [-0.2, 0) is 14.2 Å². The van der Waals surface area contributed by atoms with Gasteiger partial charge in [0, 0.05) is 12.1 Å². The van der Waals surface area contributed by atoms with E-state index in [1.54, 1.807) is 0 Å². The molecule has 15 nitrogen and oxygen atoms in total. The summed E-state index contributed by atoms with van der Waals surface area (Å²) < 4.78 is 21.5. The number of carbonyl (C=O) groups excluding carboxylic acids is 1. The molecule has 0 amide bonds. The molecular weight excluding hydrogens is 576 g/mol. The number of phenolic OH excluding ortho intramolecular Hbond substituents is 7. The van der Waals surface area contributed by atoms with Crippen LogP contribution in [-0.4, -0.2) is 99.1 Å². The second kappa shape index (κ2) is 11.3. The minimum Gasteiger partial charge on any atom is -0.571 e. The first kappa shape index (κ1) is 29.4. The quantitative estimate of drug-likeness (QED) is 0.105. The highest BCUT2D eigenvalue weighted by Crippen LogP contribution is 2.46. The van der Waals surface area contributed by atoms with Gasteiger partial charge < -0.3 is 70.0 Å². The van der Waals surface area contributed by atoms with Crippen LogP contribution in [0.4, 0.5) is 0 Å². The van der Waals surface area contributed by atoms with Gasteiger partial charge in [0.1, 0.15) is 35.4 Å². The third-order valence-electron chi connectivity index (χ3n) is 6.89. The van der Waals surface area contributed by atoms with Gasteiger partial charge in [-0.2, -0.15) is 0 Å². The number of hydrogen-bond acceptors (Lipinski definition) is 14. The van der Waals surface area contributed by atoms with Crippen LogP contribution in [0, 0.1) is 0 Å². The molecule has 0 radical (unpaired) electrons. The first-order valence-electron chi connectivity index (χ1n) is 12.6. The van der Waals surface area contributed by atoms with Gasteiger partial charge in [-0.25, -0.2) is 4.79 Å². The summed E-state index contributed by atoms with van der Waals surface area (Å²) in [5.74, 6) is -5.47. The summed E-state index contributed by atoms with van der Waals surface area (Å²) >= 11 is 0. The van der Waals surface area contributed by atoms with Crippen LogP contribution in [0.2, 0.25) is 0 Å².